The number of amides is 1. The summed E-state index contributed by atoms with van der Waals surface area (Å²) in [4.78, 5) is 17.2. The molecule has 1 amide bonds. The largest absolute Gasteiger partial charge is 0.379 e. The smallest absolute Gasteiger partial charge is 0.273 e. The number of nitrogens with one attached hydrogen (secondary N) is 1. The molecule has 150 valence electrons. The second-order valence-corrected chi connectivity index (χ2v) is 7.58. The van der Waals surface area contributed by atoms with Gasteiger partial charge in [0.2, 0.25) is 0 Å². The van der Waals surface area contributed by atoms with E-state index in [9.17, 15) is 4.79 Å². The van der Waals surface area contributed by atoms with Crippen molar-refractivity contribution in [1.82, 2.24) is 20.3 Å². The van der Waals surface area contributed by atoms with Gasteiger partial charge in [-0.3, -0.25) is 14.6 Å². The molecule has 28 heavy (non-hydrogen) atoms. The standard InChI is InChI=1S/C21H28N4O3/c26-21(20-14-19(28-23-20)16-25-10-12-27-13-11-25)22-18-6-8-24(9-7-18)15-17-4-2-1-3-5-17/h1-5,14,18H,6-13,15-16H2,(H,22,26). The molecule has 3 heterocycles. The van der Waals surface area contributed by atoms with Crippen molar-refractivity contribution in [3.8, 4) is 0 Å². The number of carbonyl (C=O) groups is 1. The molecule has 0 saturated carbocycles. The first-order chi connectivity index (χ1) is 13.8. The number of likely N-dealkylation sites (tertiary alicyclic amines) is 1. The molecule has 7 nitrogen and oxygen atoms in total. The molecule has 7 heteroatoms. The number of hydrogen-bond acceptors (Lipinski definition) is 6. The van der Waals surface area contributed by atoms with E-state index in [1.165, 1.54) is 5.56 Å². The zero-order chi connectivity index (χ0) is 19.2. The van der Waals surface area contributed by atoms with Crippen molar-refractivity contribution in [1.29, 1.82) is 0 Å². The predicted octanol–water partition coefficient (Wildman–Crippen LogP) is 1.90. The number of nitrogens with zero attached hydrogens (tertiary/aromatic N) is 3. The van der Waals surface area contributed by atoms with E-state index in [-0.39, 0.29) is 11.9 Å². The van der Waals surface area contributed by atoms with Gasteiger partial charge >= 0.3 is 0 Å². The molecule has 0 aliphatic carbocycles. The van der Waals surface area contributed by atoms with Crippen molar-refractivity contribution < 1.29 is 14.1 Å². The topological polar surface area (TPSA) is 70.8 Å². The van der Waals surface area contributed by atoms with Crippen LogP contribution in [-0.2, 0) is 17.8 Å². The van der Waals surface area contributed by atoms with Gasteiger partial charge in [-0.05, 0) is 18.4 Å². The van der Waals surface area contributed by atoms with E-state index in [1.807, 2.05) is 6.07 Å². The van der Waals surface area contributed by atoms with Crippen LogP contribution >= 0.6 is 0 Å². The van der Waals surface area contributed by atoms with Crippen LogP contribution in [-0.4, -0.2) is 66.3 Å². The van der Waals surface area contributed by atoms with Crippen LogP contribution in [0.5, 0.6) is 0 Å². The average molecular weight is 384 g/mol. The first-order valence-corrected chi connectivity index (χ1v) is 10.1. The molecule has 0 atom stereocenters. The Labute approximate surface area is 165 Å². The fourth-order valence-electron chi connectivity index (χ4n) is 3.81. The van der Waals surface area contributed by atoms with Crippen LogP contribution in [0.2, 0.25) is 0 Å². The molecule has 0 radical (unpaired) electrons. The summed E-state index contributed by atoms with van der Waals surface area (Å²) in [7, 11) is 0. The fourth-order valence-corrected chi connectivity index (χ4v) is 3.81. The minimum absolute atomic E-state index is 0.140. The predicted molar refractivity (Wildman–Crippen MR) is 105 cm³/mol. The number of morpholine rings is 1. The van der Waals surface area contributed by atoms with Crippen molar-refractivity contribution in [2.45, 2.75) is 32.0 Å². The second kappa shape index (κ2) is 9.32. The monoisotopic (exact) mass is 384 g/mol. The minimum Gasteiger partial charge on any atom is -0.379 e. The third-order valence-corrected chi connectivity index (χ3v) is 5.45. The summed E-state index contributed by atoms with van der Waals surface area (Å²) in [5.74, 6) is 0.586. The lowest BCUT2D eigenvalue weighted by atomic mass is 10.0. The molecule has 1 aromatic heterocycles. The molecular weight excluding hydrogens is 356 g/mol. The van der Waals surface area contributed by atoms with Gasteiger partial charge in [-0.2, -0.15) is 0 Å². The second-order valence-electron chi connectivity index (χ2n) is 7.58. The number of benzene rings is 1. The normalized spacial score (nSPS) is 19.6. The highest BCUT2D eigenvalue weighted by Gasteiger charge is 2.23. The molecule has 2 aliphatic heterocycles. The third kappa shape index (κ3) is 5.19. The minimum atomic E-state index is -0.140. The average Bonchev–Trinajstić information content (AvgIpc) is 3.20. The first kappa shape index (κ1) is 19.1. The Morgan fingerprint density at radius 2 is 1.75 bits per heavy atom. The van der Waals surface area contributed by atoms with Crippen molar-refractivity contribution in [2.24, 2.45) is 0 Å². The van der Waals surface area contributed by atoms with Crippen LogP contribution in [0.1, 0.15) is 34.7 Å². The fraction of sp³-hybridized carbons (Fsp3) is 0.524. The van der Waals surface area contributed by atoms with Crippen molar-refractivity contribution in [3.05, 3.63) is 53.4 Å². The highest BCUT2D eigenvalue weighted by molar-refractivity contribution is 5.92. The Morgan fingerprint density at radius 3 is 2.50 bits per heavy atom. The van der Waals surface area contributed by atoms with Crippen LogP contribution in [0.3, 0.4) is 0 Å². The summed E-state index contributed by atoms with van der Waals surface area (Å²) in [6, 6.07) is 12.5. The molecule has 0 spiro atoms. The Balaban J connectivity index is 1.22. The van der Waals surface area contributed by atoms with Crippen molar-refractivity contribution in [2.75, 3.05) is 39.4 Å². The molecule has 2 saturated heterocycles. The SMILES string of the molecule is O=C(NC1CCN(Cc2ccccc2)CC1)c1cc(CN2CCOCC2)on1. The number of ether oxygens (including phenoxy) is 1. The van der Waals surface area contributed by atoms with Gasteiger partial charge in [0.1, 0.15) is 0 Å². The summed E-state index contributed by atoms with van der Waals surface area (Å²) in [6.07, 6.45) is 1.91. The van der Waals surface area contributed by atoms with Crippen LogP contribution in [0.25, 0.3) is 0 Å². The first-order valence-electron chi connectivity index (χ1n) is 10.1. The van der Waals surface area contributed by atoms with Gasteiger partial charge in [-0.25, -0.2) is 0 Å². The number of piperidine rings is 1. The third-order valence-electron chi connectivity index (χ3n) is 5.45. The van der Waals surface area contributed by atoms with Crippen LogP contribution < -0.4 is 5.32 Å². The van der Waals surface area contributed by atoms with E-state index in [0.29, 0.717) is 12.2 Å². The number of rotatable bonds is 6. The summed E-state index contributed by atoms with van der Waals surface area (Å²) >= 11 is 0. The Hall–Kier alpha value is -2.22. The highest BCUT2D eigenvalue weighted by atomic mass is 16.5. The summed E-state index contributed by atoms with van der Waals surface area (Å²) in [5.41, 5.74) is 1.70. The lowest BCUT2D eigenvalue weighted by molar-refractivity contribution is 0.0305. The molecular formula is C21H28N4O3. The highest BCUT2D eigenvalue weighted by Crippen LogP contribution is 2.15. The van der Waals surface area contributed by atoms with Crippen LogP contribution in [0.15, 0.2) is 40.9 Å². The van der Waals surface area contributed by atoms with E-state index in [0.717, 1.165) is 64.5 Å². The van der Waals surface area contributed by atoms with E-state index in [1.54, 1.807) is 6.07 Å². The Kier molecular flexibility index (Phi) is 6.36. The molecule has 4 rings (SSSR count). The molecule has 0 unspecified atom stereocenters. The molecule has 1 aromatic carbocycles. The van der Waals surface area contributed by atoms with E-state index in [4.69, 9.17) is 9.26 Å². The van der Waals surface area contributed by atoms with Gasteiger partial charge in [0.25, 0.3) is 5.91 Å². The van der Waals surface area contributed by atoms with E-state index >= 15 is 0 Å². The molecule has 1 N–H and O–H groups in total. The Morgan fingerprint density at radius 1 is 1.04 bits per heavy atom. The van der Waals surface area contributed by atoms with Gasteiger partial charge in [-0.15, -0.1) is 0 Å². The van der Waals surface area contributed by atoms with E-state index in [2.05, 4.69) is 44.5 Å². The van der Waals surface area contributed by atoms with Gasteiger partial charge < -0.3 is 14.6 Å². The van der Waals surface area contributed by atoms with Crippen molar-refractivity contribution >= 4 is 5.91 Å². The molecule has 2 aliphatic rings. The summed E-state index contributed by atoms with van der Waals surface area (Å²) < 4.78 is 10.7. The zero-order valence-corrected chi connectivity index (χ0v) is 16.2. The lowest BCUT2D eigenvalue weighted by Gasteiger charge is -2.32. The number of carbonyl (C=O) groups excluding carboxylic acids is 1. The van der Waals surface area contributed by atoms with Gasteiger partial charge in [0, 0.05) is 44.8 Å². The molecule has 0 bridgehead atoms. The van der Waals surface area contributed by atoms with E-state index < -0.39 is 0 Å². The van der Waals surface area contributed by atoms with Gasteiger partial charge in [-0.1, -0.05) is 35.5 Å². The number of hydrogen-bond donors (Lipinski definition) is 1. The van der Waals surface area contributed by atoms with Gasteiger partial charge in [0.15, 0.2) is 11.5 Å². The van der Waals surface area contributed by atoms with Crippen molar-refractivity contribution in [3.63, 3.8) is 0 Å². The lowest BCUT2D eigenvalue weighted by Crippen LogP contribution is -2.44. The zero-order valence-electron chi connectivity index (χ0n) is 16.2. The molecule has 2 fully saturated rings. The quantitative estimate of drug-likeness (QED) is 0.820. The maximum atomic E-state index is 12.5. The van der Waals surface area contributed by atoms with Crippen LogP contribution in [0, 0.1) is 0 Å². The summed E-state index contributed by atoms with van der Waals surface area (Å²) in [6.45, 7) is 6.85. The number of aromatic nitrogens is 1. The maximum Gasteiger partial charge on any atom is 0.273 e. The molecule has 2 aromatic rings. The van der Waals surface area contributed by atoms with Gasteiger partial charge in [0.05, 0.1) is 19.8 Å². The summed E-state index contributed by atoms with van der Waals surface area (Å²) in [5, 5.41) is 7.08. The van der Waals surface area contributed by atoms with Crippen LogP contribution in [0.4, 0.5) is 0 Å². The Bertz CT molecular complexity index is 750. The maximum absolute atomic E-state index is 12.5.